The largest absolute Gasteiger partial charge is 0.497 e. The number of carbonyl (C=O) groups is 1. The number of hydrogen-bond donors (Lipinski definition) is 1. The van der Waals surface area contributed by atoms with Gasteiger partial charge in [0.1, 0.15) is 12.3 Å². The number of benzene rings is 1. The molecule has 1 aromatic heterocycles. The van der Waals surface area contributed by atoms with Crippen LogP contribution in [0.25, 0.3) is 0 Å². The molecule has 0 radical (unpaired) electrons. The van der Waals surface area contributed by atoms with E-state index in [0.29, 0.717) is 24.5 Å². The number of carbonyl (C=O) groups excluding carboxylic acids is 1. The number of anilines is 1. The maximum atomic E-state index is 12.7. The molecule has 0 aliphatic carbocycles. The second-order valence-electron chi connectivity index (χ2n) is 6.48. The van der Waals surface area contributed by atoms with E-state index in [2.05, 4.69) is 10.3 Å². The summed E-state index contributed by atoms with van der Waals surface area (Å²) in [5, 5.41) is 2.74. The number of aromatic nitrogens is 2. The van der Waals surface area contributed by atoms with Gasteiger partial charge in [-0.05, 0) is 25.0 Å². The van der Waals surface area contributed by atoms with Crippen molar-refractivity contribution in [2.45, 2.75) is 37.3 Å². The van der Waals surface area contributed by atoms with Gasteiger partial charge >= 0.3 is 0 Å². The summed E-state index contributed by atoms with van der Waals surface area (Å²) >= 11 is 0. The molecular weight excluding hydrogens is 368 g/mol. The van der Waals surface area contributed by atoms with Crippen molar-refractivity contribution < 1.29 is 17.9 Å². The summed E-state index contributed by atoms with van der Waals surface area (Å²) < 4.78 is 33.6. The standard InChI is InChI=1S/C18H24N4O4S/c1-26-16-8-6-7-15(11-16)20-17(23)12-21-13-18(19-14-21)27(24,25)22-9-4-2-3-5-10-22/h6-8,11,13-14H,2-5,9-10,12H2,1H3,(H,20,23). The monoisotopic (exact) mass is 392 g/mol. The average molecular weight is 392 g/mol. The second-order valence-corrected chi connectivity index (χ2v) is 8.37. The summed E-state index contributed by atoms with van der Waals surface area (Å²) in [4.78, 5) is 16.2. The van der Waals surface area contributed by atoms with Crippen LogP contribution in [-0.4, -0.2) is 48.4 Å². The fourth-order valence-electron chi connectivity index (χ4n) is 3.04. The minimum Gasteiger partial charge on any atom is -0.497 e. The van der Waals surface area contributed by atoms with E-state index < -0.39 is 10.0 Å². The molecule has 9 heteroatoms. The first-order chi connectivity index (χ1) is 13.0. The molecule has 0 atom stereocenters. The molecule has 27 heavy (non-hydrogen) atoms. The SMILES string of the molecule is COc1cccc(NC(=O)Cn2cnc(S(=O)(=O)N3CCCCCC3)c2)c1. The molecule has 0 unspecified atom stereocenters. The van der Waals surface area contributed by atoms with E-state index in [0.717, 1.165) is 25.7 Å². The molecule has 1 aliphatic heterocycles. The van der Waals surface area contributed by atoms with Gasteiger partial charge in [0.2, 0.25) is 5.91 Å². The van der Waals surface area contributed by atoms with Crippen LogP contribution in [0.2, 0.25) is 0 Å². The number of imidazole rings is 1. The Morgan fingerprint density at radius 1 is 1.22 bits per heavy atom. The lowest BCUT2D eigenvalue weighted by Gasteiger charge is -2.18. The van der Waals surface area contributed by atoms with Crippen LogP contribution in [-0.2, 0) is 21.4 Å². The van der Waals surface area contributed by atoms with Crippen LogP contribution in [0.3, 0.4) is 0 Å². The minimum absolute atomic E-state index is 0.0152. The van der Waals surface area contributed by atoms with Gasteiger partial charge in [0.05, 0.1) is 13.4 Å². The van der Waals surface area contributed by atoms with Crippen LogP contribution >= 0.6 is 0 Å². The molecule has 0 spiro atoms. The highest BCUT2D eigenvalue weighted by molar-refractivity contribution is 7.89. The zero-order valence-electron chi connectivity index (χ0n) is 15.3. The fourth-order valence-corrected chi connectivity index (χ4v) is 4.49. The zero-order valence-corrected chi connectivity index (χ0v) is 16.1. The van der Waals surface area contributed by atoms with E-state index in [9.17, 15) is 13.2 Å². The highest BCUT2D eigenvalue weighted by Crippen LogP contribution is 2.19. The van der Waals surface area contributed by atoms with Crippen molar-refractivity contribution in [1.29, 1.82) is 0 Å². The van der Waals surface area contributed by atoms with Crippen molar-refractivity contribution in [2.24, 2.45) is 0 Å². The molecule has 8 nitrogen and oxygen atoms in total. The maximum absolute atomic E-state index is 12.7. The first-order valence-electron chi connectivity index (χ1n) is 8.95. The molecule has 1 aromatic carbocycles. The number of ether oxygens (including phenoxy) is 1. The highest BCUT2D eigenvalue weighted by Gasteiger charge is 2.27. The number of nitrogens with one attached hydrogen (secondary N) is 1. The number of methoxy groups -OCH3 is 1. The molecule has 146 valence electrons. The molecule has 1 N–H and O–H groups in total. The Morgan fingerprint density at radius 2 is 1.96 bits per heavy atom. The van der Waals surface area contributed by atoms with E-state index in [-0.39, 0.29) is 17.5 Å². The maximum Gasteiger partial charge on any atom is 0.262 e. The lowest BCUT2D eigenvalue weighted by atomic mass is 10.2. The van der Waals surface area contributed by atoms with E-state index >= 15 is 0 Å². The first kappa shape index (κ1) is 19.4. The zero-order chi connectivity index (χ0) is 19.3. The fraction of sp³-hybridized carbons (Fsp3) is 0.444. The average Bonchev–Trinajstić information content (AvgIpc) is 2.94. The quantitative estimate of drug-likeness (QED) is 0.812. The number of amides is 1. The van der Waals surface area contributed by atoms with E-state index in [1.807, 2.05) is 0 Å². The Hall–Kier alpha value is -2.39. The molecule has 1 amide bonds. The predicted molar refractivity (Wildman–Crippen MR) is 101 cm³/mol. The Morgan fingerprint density at radius 3 is 2.67 bits per heavy atom. The Labute approximate surface area is 159 Å². The van der Waals surface area contributed by atoms with Crippen LogP contribution in [0.15, 0.2) is 41.8 Å². The topological polar surface area (TPSA) is 93.5 Å². The summed E-state index contributed by atoms with van der Waals surface area (Å²) in [5.41, 5.74) is 0.608. The molecule has 1 aliphatic rings. The van der Waals surface area contributed by atoms with Crippen molar-refractivity contribution >= 4 is 21.6 Å². The third-order valence-electron chi connectivity index (χ3n) is 4.46. The number of rotatable bonds is 6. The summed E-state index contributed by atoms with van der Waals surface area (Å²) in [6.07, 6.45) is 6.60. The van der Waals surface area contributed by atoms with Crippen LogP contribution in [0.4, 0.5) is 5.69 Å². The molecule has 2 heterocycles. The molecule has 3 rings (SSSR count). The van der Waals surface area contributed by atoms with E-state index in [1.165, 1.54) is 21.4 Å². The van der Waals surface area contributed by atoms with E-state index in [4.69, 9.17) is 4.74 Å². The Bertz CT molecular complexity index is 886. The van der Waals surface area contributed by atoms with Gasteiger partial charge in [-0.25, -0.2) is 13.4 Å². The lowest BCUT2D eigenvalue weighted by Crippen LogP contribution is -2.32. The van der Waals surface area contributed by atoms with Crippen LogP contribution in [0, 0.1) is 0 Å². The third kappa shape index (κ3) is 4.86. The second kappa shape index (κ2) is 8.53. The van der Waals surface area contributed by atoms with Crippen molar-refractivity contribution in [2.75, 3.05) is 25.5 Å². The summed E-state index contributed by atoms with van der Waals surface area (Å²) in [7, 11) is -2.06. The van der Waals surface area contributed by atoms with Crippen molar-refractivity contribution in [1.82, 2.24) is 13.9 Å². The molecule has 1 fully saturated rings. The summed E-state index contributed by atoms with van der Waals surface area (Å²) in [6, 6.07) is 7.02. The van der Waals surface area contributed by atoms with Gasteiger partial charge < -0.3 is 14.6 Å². The number of hydrogen-bond acceptors (Lipinski definition) is 5. The Kier molecular flexibility index (Phi) is 6.12. The van der Waals surface area contributed by atoms with Crippen molar-refractivity contribution in [3.05, 3.63) is 36.8 Å². The van der Waals surface area contributed by atoms with Crippen LogP contribution < -0.4 is 10.1 Å². The van der Waals surface area contributed by atoms with Gasteiger partial charge in [-0.15, -0.1) is 0 Å². The van der Waals surface area contributed by atoms with Gasteiger partial charge in [-0.2, -0.15) is 4.31 Å². The number of sulfonamides is 1. The summed E-state index contributed by atoms with van der Waals surface area (Å²) in [5.74, 6) is 0.362. The van der Waals surface area contributed by atoms with Gasteiger partial charge in [-0.3, -0.25) is 4.79 Å². The van der Waals surface area contributed by atoms with Gasteiger partial charge in [0.25, 0.3) is 10.0 Å². The summed E-state index contributed by atoms with van der Waals surface area (Å²) in [6.45, 7) is 1.01. The van der Waals surface area contributed by atoms with Crippen molar-refractivity contribution in [3.8, 4) is 5.75 Å². The lowest BCUT2D eigenvalue weighted by molar-refractivity contribution is -0.116. The number of nitrogens with zero attached hydrogens (tertiary/aromatic N) is 3. The molecule has 0 saturated carbocycles. The molecule has 1 saturated heterocycles. The molecule has 2 aromatic rings. The molecular formula is C18H24N4O4S. The predicted octanol–water partition coefficient (Wildman–Crippen LogP) is 2.10. The smallest absolute Gasteiger partial charge is 0.262 e. The normalized spacial score (nSPS) is 15.9. The van der Waals surface area contributed by atoms with Crippen molar-refractivity contribution in [3.63, 3.8) is 0 Å². The van der Waals surface area contributed by atoms with Crippen LogP contribution in [0.5, 0.6) is 5.75 Å². The first-order valence-corrected chi connectivity index (χ1v) is 10.4. The third-order valence-corrected chi connectivity index (χ3v) is 6.24. The van der Waals surface area contributed by atoms with Gasteiger partial charge in [0, 0.05) is 31.0 Å². The van der Waals surface area contributed by atoms with E-state index in [1.54, 1.807) is 31.4 Å². The molecule has 0 bridgehead atoms. The minimum atomic E-state index is -3.62. The van der Waals surface area contributed by atoms with Gasteiger partial charge in [-0.1, -0.05) is 18.9 Å². The Balaban J connectivity index is 1.65. The van der Waals surface area contributed by atoms with Crippen LogP contribution in [0.1, 0.15) is 25.7 Å². The van der Waals surface area contributed by atoms with Gasteiger partial charge in [0.15, 0.2) is 5.03 Å². The highest BCUT2D eigenvalue weighted by atomic mass is 32.2.